The number of carbonyl (C=O) groups is 2. The van der Waals surface area contributed by atoms with Gasteiger partial charge < -0.3 is 10.2 Å². The molecular formula is C24H29FN2O2. The van der Waals surface area contributed by atoms with E-state index in [0.717, 1.165) is 44.3 Å². The van der Waals surface area contributed by atoms with E-state index in [9.17, 15) is 14.0 Å². The molecule has 0 aromatic heterocycles. The minimum atomic E-state index is -0.298. The molecule has 2 aromatic rings. The molecule has 0 atom stereocenters. The Kier molecular flexibility index (Phi) is 7.39. The zero-order valence-electron chi connectivity index (χ0n) is 17.0. The fourth-order valence-corrected chi connectivity index (χ4v) is 3.88. The molecule has 2 aromatic carbocycles. The normalized spacial score (nSPS) is 14.6. The molecule has 1 fully saturated rings. The van der Waals surface area contributed by atoms with Crippen molar-refractivity contribution in [1.82, 2.24) is 10.2 Å². The molecule has 0 spiro atoms. The van der Waals surface area contributed by atoms with Crippen molar-refractivity contribution in [3.05, 3.63) is 71.0 Å². The van der Waals surface area contributed by atoms with E-state index in [1.807, 2.05) is 4.90 Å². The van der Waals surface area contributed by atoms with E-state index >= 15 is 0 Å². The summed E-state index contributed by atoms with van der Waals surface area (Å²) in [7, 11) is 1.66. The number of halogens is 1. The van der Waals surface area contributed by atoms with Crippen LogP contribution in [0.2, 0.25) is 0 Å². The summed E-state index contributed by atoms with van der Waals surface area (Å²) in [6.45, 7) is 1.53. The van der Waals surface area contributed by atoms with Gasteiger partial charge in [-0.15, -0.1) is 0 Å². The summed E-state index contributed by atoms with van der Waals surface area (Å²) in [4.78, 5) is 25.7. The van der Waals surface area contributed by atoms with Gasteiger partial charge in [0.05, 0.1) is 6.42 Å². The fourth-order valence-electron chi connectivity index (χ4n) is 3.88. The van der Waals surface area contributed by atoms with Crippen LogP contribution in [-0.4, -0.2) is 36.9 Å². The number of nitrogens with one attached hydrogen (secondary N) is 1. The van der Waals surface area contributed by atoms with E-state index in [0.29, 0.717) is 12.3 Å². The van der Waals surface area contributed by atoms with Crippen molar-refractivity contribution in [2.24, 2.45) is 5.92 Å². The van der Waals surface area contributed by atoms with E-state index in [1.165, 1.54) is 23.3 Å². The van der Waals surface area contributed by atoms with Crippen LogP contribution >= 0.6 is 0 Å². The highest BCUT2D eigenvalue weighted by atomic mass is 19.1. The van der Waals surface area contributed by atoms with E-state index in [4.69, 9.17) is 0 Å². The number of amides is 2. The quantitative estimate of drug-likeness (QED) is 0.778. The molecule has 1 heterocycles. The number of hydrogen-bond acceptors (Lipinski definition) is 2. The fraction of sp³-hybridized carbons (Fsp3) is 0.417. The predicted molar refractivity (Wildman–Crippen MR) is 112 cm³/mol. The Morgan fingerprint density at radius 3 is 2.38 bits per heavy atom. The lowest BCUT2D eigenvalue weighted by Gasteiger charge is -2.32. The zero-order valence-corrected chi connectivity index (χ0v) is 17.0. The molecule has 1 N–H and O–H groups in total. The van der Waals surface area contributed by atoms with Crippen LogP contribution in [0.4, 0.5) is 4.39 Å². The monoisotopic (exact) mass is 396 g/mol. The van der Waals surface area contributed by atoms with Gasteiger partial charge in [0, 0.05) is 26.6 Å². The number of carbonyl (C=O) groups excluding carboxylic acids is 2. The third kappa shape index (κ3) is 6.41. The van der Waals surface area contributed by atoms with E-state index in [-0.39, 0.29) is 24.1 Å². The van der Waals surface area contributed by atoms with Gasteiger partial charge in [-0.2, -0.15) is 0 Å². The highest BCUT2D eigenvalue weighted by molar-refractivity contribution is 5.78. The molecule has 2 amide bonds. The molecule has 1 saturated heterocycles. The zero-order chi connectivity index (χ0) is 20.6. The van der Waals surface area contributed by atoms with Crippen LogP contribution in [-0.2, 0) is 28.9 Å². The molecule has 0 aliphatic carbocycles. The van der Waals surface area contributed by atoms with Crippen molar-refractivity contribution in [2.75, 3.05) is 20.1 Å². The average molecular weight is 397 g/mol. The molecule has 1 aliphatic rings. The Labute approximate surface area is 172 Å². The van der Waals surface area contributed by atoms with Crippen molar-refractivity contribution in [1.29, 1.82) is 0 Å². The Morgan fingerprint density at radius 2 is 1.72 bits per heavy atom. The smallest absolute Gasteiger partial charge is 0.226 e. The molecule has 29 heavy (non-hydrogen) atoms. The maximum Gasteiger partial charge on any atom is 0.226 e. The van der Waals surface area contributed by atoms with E-state index in [2.05, 4.69) is 29.6 Å². The summed E-state index contributed by atoms with van der Waals surface area (Å²) >= 11 is 0. The van der Waals surface area contributed by atoms with Crippen LogP contribution in [0.3, 0.4) is 0 Å². The molecule has 4 nitrogen and oxygen atoms in total. The highest BCUT2D eigenvalue weighted by Gasteiger charge is 2.23. The predicted octanol–water partition coefficient (Wildman–Crippen LogP) is 3.53. The maximum absolute atomic E-state index is 13.3. The molecule has 3 rings (SSSR count). The van der Waals surface area contributed by atoms with Crippen LogP contribution in [0.5, 0.6) is 0 Å². The Hall–Kier alpha value is -2.69. The van der Waals surface area contributed by atoms with Gasteiger partial charge in [-0.3, -0.25) is 9.59 Å². The average Bonchev–Trinajstić information content (AvgIpc) is 2.73. The number of hydrogen-bond donors (Lipinski definition) is 1. The molecular weight excluding hydrogens is 367 g/mol. The second-order valence-electron chi connectivity index (χ2n) is 7.82. The summed E-state index contributed by atoms with van der Waals surface area (Å²) in [5.74, 6) is 0.417. The van der Waals surface area contributed by atoms with E-state index in [1.54, 1.807) is 19.2 Å². The van der Waals surface area contributed by atoms with Crippen LogP contribution in [0.15, 0.2) is 48.5 Å². The van der Waals surface area contributed by atoms with Gasteiger partial charge in [-0.25, -0.2) is 4.39 Å². The lowest BCUT2D eigenvalue weighted by atomic mass is 9.89. The van der Waals surface area contributed by atoms with Gasteiger partial charge in [0.2, 0.25) is 11.8 Å². The number of piperidine rings is 1. The molecule has 0 saturated carbocycles. The topological polar surface area (TPSA) is 49.4 Å². The minimum absolute atomic E-state index is 0.0628. The lowest BCUT2D eigenvalue weighted by Crippen LogP contribution is -2.39. The van der Waals surface area contributed by atoms with Crippen molar-refractivity contribution >= 4 is 11.8 Å². The van der Waals surface area contributed by atoms with Gasteiger partial charge in [0.1, 0.15) is 5.82 Å². The lowest BCUT2D eigenvalue weighted by molar-refractivity contribution is -0.131. The molecule has 154 valence electrons. The SMILES string of the molecule is CNC(=O)CCc1ccc(CC2CCN(C(=O)Cc3cccc(F)c3)CC2)cc1. The van der Waals surface area contributed by atoms with Crippen LogP contribution in [0, 0.1) is 11.7 Å². The number of likely N-dealkylation sites (tertiary alicyclic amines) is 1. The number of benzene rings is 2. The first-order valence-electron chi connectivity index (χ1n) is 10.3. The standard InChI is InChI=1S/C24H29FN2O2/c1-26-23(28)10-9-18-5-7-19(8-6-18)15-20-11-13-27(14-12-20)24(29)17-21-3-2-4-22(25)16-21/h2-8,16,20H,9-15,17H2,1H3,(H,26,28). The summed E-state index contributed by atoms with van der Waals surface area (Å²) in [5, 5.41) is 2.64. The Balaban J connectivity index is 1.43. The van der Waals surface area contributed by atoms with Crippen LogP contribution in [0.25, 0.3) is 0 Å². The first-order chi connectivity index (χ1) is 14.0. The molecule has 5 heteroatoms. The highest BCUT2D eigenvalue weighted by Crippen LogP contribution is 2.23. The molecule has 0 unspecified atom stereocenters. The third-order valence-corrected chi connectivity index (χ3v) is 5.68. The minimum Gasteiger partial charge on any atom is -0.359 e. The van der Waals surface area contributed by atoms with Crippen molar-refractivity contribution < 1.29 is 14.0 Å². The molecule has 0 radical (unpaired) electrons. The summed E-state index contributed by atoms with van der Waals surface area (Å²) in [6, 6.07) is 14.8. The number of rotatable bonds is 7. The second-order valence-corrected chi connectivity index (χ2v) is 7.82. The van der Waals surface area contributed by atoms with Gasteiger partial charge in [-0.1, -0.05) is 36.4 Å². The van der Waals surface area contributed by atoms with Crippen molar-refractivity contribution in [3.63, 3.8) is 0 Å². The Bertz CT molecular complexity index is 827. The van der Waals surface area contributed by atoms with Gasteiger partial charge >= 0.3 is 0 Å². The summed E-state index contributed by atoms with van der Waals surface area (Å²) in [5.41, 5.74) is 3.21. The van der Waals surface area contributed by atoms with Gasteiger partial charge in [0.15, 0.2) is 0 Å². The Morgan fingerprint density at radius 1 is 1.03 bits per heavy atom. The van der Waals surface area contributed by atoms with Gasteiger partial charge in [-0.05, 0) is 60.4 Å². The van der Waals surface area contributed by atoms with Gasteiger partial charge in [0.25, 0.3) is 0 Å². The van der Waals surface area contributed by atoms with Crippen molar-refractivity contribution in [3.8, 4) is 0 Å². The van der Waals surface area contributed by atoms with Crippen LogP contribution in [0.1, 0.15) is 36.0 Å². The number of aryl methyl sites for hydroxylation is 1. The molecule has 0 bridgehead atoms. The second kappa shape index (κ2) is 10.2. The van der Waals surface area contributed by atoms with E-state index < -0.39 is 0 Å². The first-order valence-corrected chi connectivity index (χ1v) is 10.3. The maximum atomic E-state index is 13.3. The summed E-state index contributed by atoms with van der Waals surface area (Å²) < 4.78 is 13.3. The third-order valence-electron chi connectivity index (χ3n) is 5.68. The number of nitrogens with zero attached hydrogens (tertiary/aromatic N) is 1. The van der Waals surface area contributed by atoms with Crippen LogP contribution < -0.4 is 5.32 Å². The first kappa shape index (κ1) is 21.0. The molecule has 1 aliphatic heterocycles. The largest absolute Gasteiger partial charge is 0.359 e. The van der Waals surface area contributed by atoms with Crippen molar-refractivity contribution in [2.45, 2.75) is 38.5 Å². The summed E-state index contributed by atoms with van der Waals surface area (Å²) in [6.07, 6.45) is 4.53.